The molecular weight excluding hydrogens is 396 g/mol. The Hall–Kier alpha value is -3.66. The van der Waals surface area contributed by atoms with Crippen LogP contribution in [0.3, 0.4) is 0 Å². The minimum atomic E-state index is -0.349. The number of fused-ring (bicyclic) bond motifs is 1. The minimum Gasteiger partial charge on any atom is -0.448 e. The normalized spacial score (nSPS) is 15.4. The van der Waals surface area contributed by atoms with E-state index in [0.717, 1.165) is 36.7 Å². The van der Waals surface area contributed by atoms with Gasteiger partial charge in [-0.05, 0) is 50.5 Å². The second kappa shape index (κ2) is 7.88. The zero-order valence-electron chi connectivity index (χ0n) is 17.3. The first-order chi connectivity index (χ1) is 15.0. The fraction of sp³-hybridized carbons (Fsp3) is 0.333. The molecule has 0 atom stereocenters. The Bertz CT molecular complexity index is 1240. The fourth-order valence-electron chi connectivity index (χ4n) is 3.73. The Balaban J connectivity index is 1.33. The number of aryl methyl sites for hydroxylation is 1. The largest absolute Gasteiger partial charge is 0.448 e. The summed E-state index contributed by atoms with van der Waals surface area (Å²) in [5.74, 6) is 0.962. The van der Waals surface area contributed by atoms with Gasteiger partial charge in [0.05, 0.1) is 11.9 Å². The van der Waals surface area contributed by atoms with E-state index in [-0.39, 0.29) is 17.5 Å². The van der Waals surface area contributed by atoms with E-state index in [2.05, 4.69) is 42.5 Å². The van der Waals surface area contributed by atoms with Crippen LogP contribution < -0.4 is 5.32 Å². The van der Waals surface area contributed by atoms with E-state index in [9.17, 15) is 4.79 Å². The van der Waals surface area contributed by atoms with Crippen LogP contribution in [-0.2, 0) is 7.05 Å². The number of pyridine rings is 2. The highest BCUT2D eigenvalue weighted by Gasteiger charge is 2.24. The zero-order chi connectivity index (χ0) is 21.4. The lowest BCUT2D eigenvalue weighted by molar-refractivity contribution is 0.102. The number of piperidine rings is 1. The Morgan fingerprint density at radius 2 is 1.90 bits per heavy atom. The Morgan fingerprint density at radius 3 is 2.68 bits per heavy atom. The van der Waals surface area contributed by atoms with E-state index in [4.69, 9.17) is 4.42 Å². The van der Waals surface area contributed by atoms with E-state index in [0.29, 0.717) is 23.1 Å². The van der Waals surface area contributed by atoms with Gasteiger partial charge in [0.15, 0.2) is 11.6 Å². The lowest BCUT2D eigenvalue weighted by atomic mass is 9.97. The smallest absolute Gasteiger partial charge is 0.278 e. The van der Waals surface area contributed by atoms with Gasteiger partial charge in [0.2, 0.25) is 0 Å². The predicted octanol–water partition coefficient (Wildman–Crippen LogP) is 2.47. The van der Waals surface area contributed by atoms with Gasteiger partial charge >= 0.3 is 0 Å². The average molecular weight is 418 g/mol. The van der Waals surface area contributed by atoms with Crippen molar-refractivity contribution in [1.29, 1.82) is 0 Å². The van der Waals surface area contributed by atoms with Crippen molar-refractivity contribution in [2.45, 2.75) is 18.8 Å². The third-order valence-corrected chi connectivity index (χ3v) is 5.53. The van der Waals surface area contributed by atoms with Gasteiger partial charge in [0.1, 0.15) is 17.8 Å². The molecule has 0 saturated carbocycles. The monoisotopic (exact) mass is 418 g/mol. The number of nitrogens with one attached hydrogen (secondary N) is 1. The van der Waals surface area contributed by atoms with Crippen molar-refractivity contribution < 1.29 is 9.21 Å². The highest BCUT2D eigenvalue weighted by molar-refractivity contribution is 6.03. The molecule has 0 aliphatic carbocycles. The summed E-state index contributed by atoms with van der Waals surface area (Å²) in [6.45, 7) is 2.00. The molecule has 31 heavy (non-hydrogen) atoms. The van der Waals surface area contributed by atoms with Crippen LogP contribution in [-0.4, -0.2) is 60.9 Å². The molecule has 1 aliphatic heterocycles. The van der Waals surface area contributed by atoms with E-state index >= 15 is 0 Å². The van der Waals surface area contributed by atoms with Crippen LogP contribution in [0, 0.1) is 0 Å². The predicted molar refractivity (Wildman–Crippen MR) is 113 cm³/mol. The lowest BCUT2D eigenvalue weighted by Crippen LogP contribution is -2.29. The molecule has 4 aromatic rings. The molecule has 4 aromatic heterocycles. The van der Waals surface area contributed by atoms with Crippen molar-refractivity contribution in [1.82, 2.24) is 34.8 Å². The van der Waals surface area contributed by atoms with Crippen LogP contribution in [0.1, 0.15) is 35.1 Å². The minimum absolute atomic E-state index is 0.253. The molecule has 10 nitrogen and oxygen atoms in total. The second-order valence-corrected chi connectivity index (χ2v) is 7.87. The molecule has 158 valence electrons. The maximum Gasteiger partial charge on any atom is 0.278 e. The Kier molecular flexibility index (Phi) is 4.91. The second-order valence-electron chi connectivity index (χ2n) is 7.87. The molecule has 1 fully saturated rings. The zero-order valence-corrected chi connectivity index (χ0v) is 17.3. The van der Waals surface area contributed by atoms with Gasteiger partial charge in [0, 0.05) is 30.7 Å². The molecule has 10 heteroatoms. The third kappa shape index (κ3) is 4.02. The van der Waals surface area contributed by atoms with E-state index in [1.54, 1.807) is 36.4 Å². The van der Waals surface area contributed by atoms with E-state index < -0.39 is 0 Å². The molecule has 0 aromatic carbocycles. The molecule has 5 rings (SSSR count). The van der Waals surface area contributed by atoms with Gasteiger partial charge in [-0.1, -0.05) is 5.21 Å². The number of carbonyl (C=O) groups is 1. The van der Waals surface area contributed by atoms with E-state index in [1.165, 1.54) is 6.26 Å². The summed E-state index contributed by atoms with van der Waals surface area (Å²) in [7, 11) is 3.91. The van der Waals surface area contributed by atoms with Gasteiger partial charge in [-0.2, -0.15) is 0 Å². The SMILES string of the molecule is CN1CCC(c2nc(C(=O)Nc3cc4cc(-c5cn(C)nn5)ncc4cn3)co2)CC1. The standard InChI is InChI=1S/C21H22N8O2/c1-28-5-3-13(4-6-28)21-24-18(12-31-21)20(30)25-19-8-14-7-16(17-11-29(2)27-26-17)22-9-15(14)10-23-19/h7-13H,3-6H2,1-2H3,(H,23,25,30). The highest BCUT2D eigenvalue weighted by atomic mass is 16.3. The number of nitrogens with zero attached hydrogens (tertiary/aromatic N) is 7. The van der Waals surface area contributed by atoms with Crippen molar-refractivity contribution in [2.24, 2.45) is 7.05 Å². The fourth-order valence-corrected chi connectivity index (χ4v) is 3.73. The third-order valence-electron chi connectivity index (χ3n) is 5.53. The number of hydrogen-bond donors (Lipinski definition) is 1. The van der Waals surface area contributed by atoms with Gasteiger partial charge in [0.25, 0.3) is 5.91 Å². The van der Waals surface area contributed by atoms with Crippen molar-refractivity contribution in [3.8, 4) is 11.4 Å². The topological polar surface area (TPSA) is 115 Å². The first-order valence-corrected chi connectivity index (χ1v) is 10.1. The molecular formula is C21H22N8O2. The summed E-state index contributed by atoms with van der Waals surface area (Å²) in [5.41, 5.74) is 1.63. The molecule has 0 radical (unpaired) electrons. The molecule has 1 amide bonds. The van der Waals surface area contributed by atoms with Gasteiger partial charge in [-0.25, -0.2) is 9.97 Å². The van der Waals surface area contributed by atoms with Gasteiger partial charge < -0.3 is 14.6 Å². The number of carbonyl (C=O) groups excluding carboxylic acids is 1. The molecule has 0 unspecified atom stereocenters. The molecule has 0 bridgehead atoms. The van der Waals surface area contributed by atoms with Crippen LogP contribution in [0.2, 0.25) is 0 Å². The highest BCUT2D eigenvalue weighted by Crippen LogP contribution is 2.27. The number of aromatic nitrogens is 6. The quantitative estimate of drug-likeness (QED) is 0.537. The summed E-state index contributed by atoms with van der Waals surface area (Å²) in [5, 5.41) is 12.6. The molecule has 5 heterocycles. The van der Waals surface area contributed by atoms with Crippen LogP contribution in [0.4, 0.5) is 5.82 Å². The number of hydrogen-bond acceptors (Lipinski definition) is 8. The molecule has 1 saturated heterocycles. The number of anilines is 1. The van der Waals surface area contributed by atoms with Gasteiger partial charge in [-0.15, -0.1) is 5.10 Å². The van der Waals surface area contributed by atoms with E-state index in [1.807, 2.05) is 6.07 Å². The van der Waals surface area contributed by atoms with Crippen molar-refractivity contribution in [3.05, 3.63) is 48.6 Å². The lowest BCUT2D eigenvalue weighted by Gasteiger charge is -2.26. The summed E-state index contributed by atoms with van der Waals surface area (Å²) < 4.78 is 7.22. The summed E-state index contributed by atoms with van der Waals surface area (Å²) >= 11 is 0. The Morgan fingerprint density at radius 1 is 1.10 bits per heavy atom. The summed E-state index contributed by atoms with van der Waals surface area (Å²) in [4.78, 5) is 28.1. The van der Waals surface area contributed by atoms with Crippen molar-refractivity contribution in [2.75, 3.05) is 25.5 Å². The number of rotatable bonds is 4. The van der Waals surface area contributed by atoms with Crippen molar-refractivity contribution >= 4 is 22.5 Å². The first kappa shape index (κ1) is 19.3. The number of likely N-dealkylation sites (tertiary alicyclic amines) is 1. The van der Waals surface area contributed by atoms with Gasteiger partial charge in [-0.3, -0.25) is 14.5 Å². The first-order valence-electron chi connectivity index (χ1n) is 10.1. The molecule has 1 N–H and O–H groups in total. The summed E-state index contributed by atoms with van der Waals surface area (Å²) in [6, 6.07) is 3.69. The van der Waals surface area contributed by atoms with Crippen LogP contribution in [0.15, 0.2) is 41.4 Å². The maximum absolute atomic E-state index is 12.7. The van der Waals surface area contributed by atoms with Crippen molar-refractivity contribution in [3.63, 3.8) is 0 Å². The van der Waals surface area contributed by atoms with Crippen LogP contribution >= 0.6 is 0 Å². The Labute approximate surface area is 178 Å². The van der Waals surface area contributed by atoms with Crippen LogP contribution in [0.5, 0.6) is 0 Å². The number of oxazole rings is 1. The number of amides is 1. The summed E-state index contributed by atoms with van der Waals surface area (Å²) in [6.07, 6.45) is 8.57. The molecule has 0 spiro atoms. The van der Waals surface area contributed by atoms with Crippen LogP contribution in [0.25, 0.3) is 22.2 Å². The maximum atomic E-state index is 12.7. The molecule has 1 aliphatic rings. The average Bonchev–Trinajstić information content (AvgIpc) is 3.43.